The second-order valence-electron chi connectivity index (χ2n) is 5.96. The van der Waals surface area contributed by atoms with Crippen molar-refractivity contribution in [3.05, 3.63) is 29.8 Å². The fraction of sp³-hybridized carbons (Fsp3) is 0.611. The number of nitrogens with zero attached hydrogens (tertiary/aromatic N) is 2. The minimum atomic E-state index is 0.761. The summed E-state index contributed by atoms with van der Waals surface area (Å²) in [7, 11) is 3.50. The van der Waals surface area contributed by atoms with Crippen molar-refractivity contribution >= 4 is 5.96 Å². The molecule has 0 bridgehead atoms. The van der Waals surface area contributed by atoms with Crippen molar-refractivity contribution in [3.63, 3.8) is 0 Å². The molecule has 1 heterocycles. The van der Waals surface area contributed by atoms with Gasteiger partial charge < -0.3 is 20.3 Å². The molecular formula is C18H30N4O. The van der Waals surface area contributed by atoms with E-state index in [2.05, 4.69) is 32.7 Å². The third-order valence-corrected chi connectivity index (χ3v) is 4.23. The van der Waals surface area contributed by atoms with E-state index in [1.165, 1.54) is 50.9 Å². The number of rotatable bonds is 8. The summed E-state index contributed by atoms with van der Waals surface area (Å²) in [6.45, 7) is 5.55. The lowest BCUT2D eigenvalue weighted by molar-refractivity contribution is 0.330. The van der Waals surface area contributed by atoms with Crippen LogP contribution in [0.5, 0.6) is 5.75 Å². The Balaban J connectivity index is 1.58. The Kier molecular flexibility index (Phi) is 7.73. The van der Waals surface area contributed by atoms with E-state index in [1.54, 1.807) is 7.11 Å². The zero-order valence-electron chi connectivity index (χ0n) is 14.5. The summed E-state index contributed by atoms with van der Waals surface area (Å²) in [6, 6.07) is 8.08. The first-order valence-electron chi connectivity index (χ1n) is 8.61. The highest BCUT2D eigenvalue weighted by molar-refractivity contribution is 5.79. The van der Waals surface area contributed by atoms with Crippen LogP contribution < -0.4 is 15.4 Å². The quantitative estimate of drug-likeness (QED) is 0.438. The van der Waals surface area contributed by atoms with E-state index < -0.39 is 0 Å². The Labute approximate surface area is 140 Å². The van der Waals surface area contributed by atoms with Crippen LogP contribution in [-0.2, 0) is 6.54 Å². The number of guanidine groups is 1. The van der Waals surface area contributed by atoms with Gasteiger partial charge >= 0.3 is 0 Å². The lowest BCUT2D eigenvalue weighted by Gasteiger charge is -2.15. The smallest absolute Gasteiger partial charge is 0.191 e. The summed E-state index contributed by atoms with van der Waals surface area (Å²) in [5.41, 5.74) is 1.21. The molecule has 1 aliphatic rings. The van der Waals surface area contributed by atoms with Gasteiger partial charge in [0, 0.05) is 20.1 Å². The summed E-state index contributed by atoms with van der Waals surface area (Å²) >= 11 is 0. The number of ether oxygens (including phenoxy) is 1. The van der Waals surface area contributed by atoms with E-state index in [-0.39, 0.29) is 0 Å². The van der Waals surface area contributed by atoms with Crippen LogP contribution in [0, 0.1) is 0 Å². The fourth-order valence-electron chi connectivity index (χ4n) is 2.82. The van der Waals surface area contributed by atoms with Crippen LogP contribution in [-0.4, -0.2) is 51.2 Å². The first-order chi connectivity index (χ1) is 11.3. The molecule has 1 saturated heterocycles. The van der Waals surface area contributed by atoms with Gasteiger partial charge in [-0.3, -0.25) is 4.99 Å². The molecule has 2 rings (SSSR count). The van der Waals surface area contributed by atoms with Crippen molar-refractivity contribution in [2.45, 2.75) is 32.2 Å². The van der Waals surface area contributed by atoms with E-state index >= 15 is 0 Å². The number of likely N-dealkylation sites (tertiary alicyclic amines) is 1. The largest absolute Gasteiger partial charge is 0.497 e. The van der Waals surface area contributed by atoms with Crippen molar-refractivity contribution in [3.8, 4) is 5.75 Å². The SMILES string of the molecule is CN=C(NCCCCN1CCCC1)NCc1ccc(OC)cc1. The molecule has 0 aliphatic carbocycles. The monoisotopic (exact) mass is 318 g/mol. The molecule has 2 N–H and O–H groups in total. The molecule has 0 amide bonds. The lowest BCUT2D eigenvalue weighted by atomic mass is 10.2. The predicted octanol–water partition coefficient (Wildman–Crippen LogP) is 2.24. The molecule has 1 fully saturated rings. The maximum Gasteiger partial charge on any atom is 0.191 e. The second-order valence-corrected chi connectivity index (χ2v) is 5.96. The van der Waals surface area contributed by atoms with Gasteiger partial charge in [-0.05, 0) is 63.0 Å². The summed E-state index contributed by atoms with van der Waals surface area (Å²) in [5, 5.41) is 6.73. The van der Waals surface area contributed by atoms with Crippen LogP contribution in [0.2, 0.25) is 0 Å². The number of aliphatic imine (C=N–C) groups is 1. The molecule has 23 heavy (non-hydrogen) atoms. The molecule has 1 aliphatic heterocycles. The van der Waals surface area contributed by atoms with Gasteiger partial charge in [0.2, 0.25) is 0 Å². The third-order valence-electron chi connectivity index (χ3n) is 4.23. The van der Waals surface area contributed by atoms with Crippen molar-refractivity contribution in [2.24, 2.45) is 4.99 Å². The van der Waals surface area contributed by atoms with Gasteiger partial charge in [0.15, 0.2) is 5.96 Å². The van der Waals surface area contributed by atoms with E-state index in [0.29, 0.717) is 0 Å². The van der Waals surface area contributed by atoms with Crippen LogP contribution in [0.3, 0.4) is 0 Å². The van der Waals surface area contributed by atoms with E-state index in [4.69, 9.17) is 4.74 Å². The van der Waals surface area contributed by atoms with E-state index in [1.807, 2.05) is 19.2 Å². The van der Waals surface area contributed by atoms with Crippen LogP contribution in [0.15, 0.2) is 29.3 Å². The minimum absolute atomic E-state index is 0.761. The summed E-state index contributed by atoms with van der Waals surface area (Å²) in [6.07, 6.45) is 5.18. The highest BCUT2D eigenvalue weighted by atomic mass is 16.5. The lowest BCUT2D eigenvalue weighted by Crippen LogP contribution is -2.37. The summed E-state index contributed by atoms with van der Waals surface area (Å²) < 4.78 is 5.17. The Bertz CT molecular complexity index is 466. The Morgan fingerprint density at radius 3 is 2.52 bits per heavy atom. The Morgan fingerprint density at radius 1 is 1.13 bits per heavy atom. The van der Waals surface area contributed by atoms with Gasteiger partial charge in [-0.1, -0.05) is 12.1 Å². The molecule has 5 nitrogen and oxygen atoms in total. The number of hydrogen-bond acceptors (Lipinski definition) is 3. The summed E-state index contributed by atoms with van der Waals surface area (Å²) in [5.74, 6) is 1.75. The maximum atomic E-state index is 5.17. The first kappa shape index (κ1) is 17.6. The van der Waals surface area contributed by atoms with Crippen molar-refractivity contribution < 1.29 is 4.74 Å². The minimum Gasteiger partial charge on any atom is -0.497 e. The molecule has 0 spiro atoms. The van der Waals surface area contributed by atoms with Crippen molar-refractivity contribution in [1.82, 2.24) is 15.5 Å². The molecule has 5 heteroatoms. The average molecular weight is 318 g/mol. The number of methoxy groups -OCH3 is 1. The van der Waals surface area contributed by atoms with Gasteiger partial charge in [-0.15, -0.1) is 0 Å². The molecular weight excluding hydrogens is 288 g/mol. The maximum absolute atomic E-state index is 5.17. The number of nitrogens with one attached hydrogen (secondary N) is 2. The van der Waals surface area contributed by atoms with Crippen molar-refractivity contribution in [1.29, 1.82) is 0 Å². The Morgan fingerprint density at radius 2 is 1.87 bits per heavy atom. The molecule has 0 saturated carbocycles. The standard InChI is InChI=1S/C18H30N4O/c1-19-18(20-11-3-4-12-22-13-5-6-14-22)21-15-16-7-9-17(23-2)10-8-16/h7-10H,3-6,11-15H2,1-2H3,(H2,19,20,21). The molecule has 1 aromatic carbocycles. The van der Waals surface area contributed by atoms with Gasteiger partial charge in [-0.25, -0.2) is 0 Å². The molecule has 0 radical (unpaired) electrons. The molecule has 0 aromatic heterocycles. The first-order valence-corrected chi connectivity index (χ1v) is 8.61. The highest BCUT2D eigenvalue weighted by Gasteiger charge is 2.09. The highest BCUT2D eigenvalue weighted by Crippen LogP contribution is 2.11. The number of unbranched alkanes of at least 4 members (excludes halogenated alkanes) is 1. The molecule has 1 aromatic rings. The van der Waals surface area contributed by atoms with Crippen LogP contribution in [0.25, 0.3) is 0 Å². The average Bonchev–Trinajstić information content (AvgIpc) is 3.11. The number of hydrogen-bond donors (Lipinski definition) is 2. The zero-order valence-corrected chi connectivity index (χ0v) is 14.5. The molecule has 0 unspecified atom stereocenters. The van der Waals surface area contributed by atoms with Crippen LogP contribution in [0.1, 0.15) is 31.2 Å². The van der Waals surface area contributed by atoms with Crippen LogP contribution >= 0.6 is 0 Å². The zero-order chi connectivity index (χ0) is 16.3. The van der Waals surface area contributed by atoms with Crippen molar-refractivity contribution in [2.75, 3.05) is 40.3 Å². The van der Waals surface area contributed by atoms with E-state index in [0.717, 1.165) is 24.8 Å². The second kappa shape index (κ2) is 10.1. The van der Waals surface area contributed by atoms with Crippen LogP contribution in [0.4, 0.5) is 0 Å². The van der Waals surface area contributed by atoms with Gasteiger partial charge in [-0.2, -0.15) is 0 Å². The Hall–Kier alpha value is -1.75. The third kappa shape index (κ3) is 6.48. The number of benzene rings is 1. The summed E-state index contributed by atoms with van der Waals surface area (Å²) in [4.78, 5) is 6.84. The molecule has 0 atom stereocenters. The predicted molar refractivity (Wildman–Crippen MR) is 96.1 cm³/mol. The fourth-order valence-corrected chi connectivity index (χ4v) is 2.82. The molecule has 128 valence electrons. The van der Waals surface area contributed by atoms with Gasteiger partial charge in [0.25, 0.3) is 0 Å². The normalized spacial score (nSPS) is 15.7. The van der Waals surface area contributed by atoms with Gasteiger partial charge in [0.1, 0.15) is 5.75 Å². The van der Waals surface area contributed by atoms with E-state index in [9.17, 15) is 0 Å². The van der Waals surface area contributed by atoms with Gasteiger partial charge in [0.05, 0.1) is 7.11 Å². The topological polar surface area (TPSA) is 48.9 Å².